The second-order valence-corrected chi connectivity index (χ2v) is 5.61. The average Bonchev–Trinajstić information content (AvgIpc) is 3.07. The van der Waals surface area contributed by atoms with Gasteiger partial charge in [0, 0.05) is 17.7 Å². The number of carbonyl (C=O) groups is 2. The molecular formula is C18H11N3O6. The lowest BCUT2D eigenvalue weighted by Gasteiger charge is -2.15. The van der Waals surface area contributed by atoms with Gasteiger partial charge in [-0.2, -0.15) is 5.26 Å². The molecule has 2 N–H and O–H groups in total. The van der Waals surface area contributed by atoms with Crippen LogP contribution >= 0.6 is 0 Å². The molecule has 2 aromatic rings. The number of furan rings is 1. The number of benzene rings is 1. The molecule has 27 heavy (non-hydrogen) atoms. The number of nitro benzene ring substituents is 1. The van der Waals surface area contributed by atoms with Gasteiger partial charge in [0.2, 0.25) is 0 Å². The average molecular weight is 365 g/mol. The van der Waals surface area contributed by atoms with E-state index in [2.05, 4.69) is 5.32 Å². The Morgan fingerprint density at radius 3 is 2.67 bits per heavy atom. The minimum absolute atomic E-state index is 0.0790. The van der Waals surface area contributed by atoms with E-state index in [4.69, 9.17) is 9.68 Å². The van der Waals surface area contributed by atoms with Crippen LogP contribution in [0.15, 0.2) is 51.5 Å². The van der Waals surface area contributed by atoms with Crippen molar-refractivity contribution in [3.05, 3.63) is 62.9 Å². The van der Waals surface area contributed by atoms with Crippen molar-refractivity contribution in [1.29, 1.82) is 5.26 Å². The highest BCUT2D eigenvalue weighted by atomic mass is 16.6. The van der Waals surface area contributed by atoms with Crippen LogP contribution in [0.1, 0.15) is 12.7 Å². The van der Waals surface area contributed by atoms with Crippen molar-refractivity contribution in [2.45, 2.75) is 6.92 Å². The maximum absolute atomic E-state index is 12.0. The van der Waals surface area contributed by atoms with Crippen molar-refractivity contribution < 1.29 is 24.0 Å². The monoisotopic (exact) mass is 365 g/mol. The minimum Gasteiger partial charge on any atom is -0.507 e. The molecule has 0 bridgehead atoms. The minimum atomic E-state index is -0.765. The van der Waals surface area contributed by atoms with Gasteiger partial charge < -0.3 is 9.52 Å². The van der Waals surface area contributed by atoms with E-state index < -0.39 is 16.7 Å². The number of nitrogens with zero attached hydrogens (tertiary/aromatic N) is 2. The van der Waals surface area contributed by atoms with E-state index in [1.54, 1.807) is 6.07 Å². The van der Waals surface area contributed by atoms with Crippen LogP contribution in [-0.4, -0.2) is 21.8 Å². The normalized spacial score (nSPS) is 15.6. The van der Waals surface area contributed by atoms with Crippen molar-refractivity contribution >= 4 is 23.6 Å². The van der Waals surface area contributed by atoms with Crippen LogP contribution in [0.3, 0.4) is 0 Å². The topological polar surface area (TPSA) is 146 Å². The fraction of sp³-hybridized carbons (Fsp3) is 0.0556. The van der Waals surface area contributed by atoms with Crippen molar-refractivity contribution in [2.24, 2.45) is 0 Å². The fourth-order valence-corrected chi connectivity index (χ4v) is 2.57. The predicted octanol–water partition coefficient (Wildman–Crippen LogP) is 2.44. The summed E-state index contributed by atoms with van der Waals surface area (Å²) in [5.74, 6) is -1.30. The number of amides is 2. The van der Waals surface area contributed by atoms with Crippen LogP contribution in [0, 0.1) is 21.4 Å². The first kappa shape index (κ1) is 17.6. The summed E-state index contributed by atoms with van der Waals surface area (Å²) in [6.45, 7) is 1.47. The number of imide groups is 1. The number of rotatable bonds is 3. The van der Waals surface area contributed by atoms with Crippen molar-refractivity contribution in [3.8, 4) is 23.1 Å². The van der Waals surface area contributed by atoms with E-state index >= 15 is 0 Å². The van der Waals surface area contributed by atoms with Gasteiger partial charge in [0.15, 0.2) is 0 Å². The third kappa shape index (κ3) is 3.19. The van der Waals surface area contributed by atoms with Crippen LogP contribution in [-0.2, 0) is 9.59 Å². The number of nitro groups is 1. The van der Waals surface area contributed by atoms with Crippen molar-refractivity contribution in [1.82, 2.24) is 5.32 Å². The van der Waals surface area contributed by atoms with Crippen molar-refractivity contribution in [2.75, 3.05) is 0 Å². The molecule has 3 rings (SSSR count). The van der Waals surface area contributed by atoms with Gasteiger partial charge in [-0.3, -0.25) is 25.0 Å². The molecule has 0 saturated carbocycles. The molecule has 0 radical (unpaired) electrons. The Kier molecular flexibility index (Phi) is 4.31. The van der Waals surface area contributed by atoms with Gasteiger partial charge in [0.25, 0.3) is 17.5 Å². The number of nitriles is 1. The first-order valence-electron chi connectivity index (χ1n) is 7.58. The van der Waals surface area contributed by atoms with Gasteiger partial charge in [0.05, 0.1) is 10.5 Å². The number of hydrogen-bond donors (Lipinski definition) is 2. The summed E-state index contributed by atoms with van der Waals surface area (Å²) >= 11 is 0. The molecule has 1 aromatic heterocycles. The SMILES string of the molecule is CC1=C(C#N)C(=O)NC(=O)/C1=C/c1ccc(-c2cc([N+](=O)[O-])ccc2O)o1. The lowest BCUT2D eigenvalue weighted by atomic mass is 9.96. The van der Waals surface area contributed by atoms with Gasteiger partial charge in [-0.15, -0.1) is 0 Å². The van der Waals surface area contributed by atoms with Crippen LogP contribution in [0.4, 0.5) is 5.69 Å². The standard InChI is InChI=1S/C18H11N3O6/c1-9-12(17(23)20-18(24)14(9)8-19)7-11-3-5-16(27-11)13-6-10(21(25)26)2-4-15(13)22/h2-7,22H,1H3,(H,20,23,24)/b12-7+. The van der Waals surface area contributed by atoms with E-state index in [0.717, 1.165) is 12.1 Å². The van der Waals surface area contributed by atoms with Crippen molar-refractivity contribution in [3.63, 3.8) is 0 Å². The molecule has 0 fully saturated rings. The number of phenolic OH excluding ortho intramolecular Hbond substituents is 1. The molecule has 1 aromatic carbocycles. The third-order valence-electron chi connectivity index (χ3n) is 3.96. The number of carbonyl (C=O) groups excluding carboxylic acids is 2. The number of hydrogen-bond acceptors (Lipinski definition) is 7. The first-order valence-corrected chi connectivity index (χ1v) is 7.58. The van der Waals surface area contributed by atoms with Crippen LogP contribution in [0.5, 0.6) is 5.75 Å². The third-order valence-corrected chi connectivity index (χ3v) is 3.96. The van der Waals surface area contributed by atoms with Crippen LogP contribution < -0.4 is 5.32 Å². The maximum Gasteiger partial charge on any atom is 0.270 e. The zero-order chi connectivity index (χ0) is 19.7. The highest BCUT2D eigenvalue weighted by Gasteiger charge is 2.27. The lowest BCUT2D eigenvalue weighted by Crippen LogP contribution is -2.37. The van der Waals surface area contributed by atoms with E-state index in [9.17, 15) is 24.8 Å². The van der Waals surface area contributed by atoms with Gasteiger partial charge >= 0.3 is 0 Å². The summed E-state index contributed by atoms with van der Waals surface area (Å²) in [7, 11) is 0. The molecular weight excluding hydrogens is 354 g/mol. The Morgan fingerprint density at radius 2 is 2.00 bits per heavy atom. The molecule has 0 aliphatic carbocycles. The number of nitrogens with one attached hydrogen (secondary N) is 1. The van der Waals surface area contributed by atoms with E-state index in [-0.39, 0.29) is 45.2 Å². The second kappa shape index (κ2) is 6.61. The van der Waals surface area contributed by atoms with Gasteiger partial charge in [-0.1, -0.05) is 0 Å². The molecule has 0 atom stereocenters. The lowest BCUT2D eigenvalue weighted by molar-refractivity contribution is -0.384. The Balaban J connectivity index is 2.04. The van der Waals surface area contributed by atoms with Crippen LogP contribution in [0.25, 0.3) is 17.4 Å². The molecule has 1 aliphatic heterocycles. The first-order chi connectivity index (χ1) is 12.8. The van der Waals surface area contributed by atoms with Gasteiger partial charge in [-0.25, -0.2) is 0 Å². The Bertz CT molecular complexity index is 1100. The Morgan fingerprint density at radius 1 is 1.26 bits per heavy atom. The molecule has 134 valence electrons. The van der Waals surface area contributed by atoms with Gasteiger partial charge in [0.1, 0.15) is 28.9 Å². The molecule has 9 nitrogen and oxygen atoms in total. The second-order valence-electron chi connectivity index (χ2n) is 5.61. The summed E-state index contributed by atoms with van der Waals surface area (Å²) in [6.07, 6.45) is 1.34. The highest BCUT2D eigenvalue weighted by molar-refractivity contribution is 6.19. The summed E-state index contributed by atoms with van der Waals surface area (Å²) in [6, 6.07) is 8.21. The number of aromatic hydroxyl groups is 1. The van der Waals surface area contributed by atoms with Gasteiger partial charge in [-0.05, 0) is 36.8 Å². The number of phenols is 1. The summed E-state index contributed by atoms with van der Waals surface area (Å²) < 4.78 is 5.55. The fourth-order valence-electron chi connectivity index (χ4n) is 2.57. The Labute approximate surface area is 152 Å². The molecule has 2 amide bonds. The molecule has 0 spiro atoms. The molecule has 9 heteroatoms. The summed E-state index contributed by atoms with van der Waals surface area (Å²) in [4.78, 5) is 33.9. The number of non-ortho nitro benzene ring substituents is 1. The molecule has 1 aliphatic rings. The molecule has 0 unspecified atom stereocenters. The van der Waals surface area contributed by atoms with Crippen LogP contribution in [0.2, 0.25) is 0 Å². The summed E-state index contributed by atoms with van der Waals surface area (Å²) in [5, 5.41) is 31.9. The zero-order valence-electron chi connectivity index (χ0n) is 13.8. The molecule has 0 saturated heterocycles. The predicted molar refractivity (Wildman–Crippen MR) is 91.9 cm³/mol. The smallest absolute Gasteiger partial charge is 0.270 e. The highest BCUT2D eigenvalue weighted by Crippen LogP contribution is 2.34. The quantitative estimate of drug-likeness (QED) is 0.367. The summed E-state index contributed by atoms with van der Waals surface area (Å²) in [5.41, 5.74) is 0.00508. The zero-order valence-corrected chi connectivity index (χ0v) is 13.8. The van der Waals surface area contributed by atoms with E-state index in [1.807, 2.05) is 0 Å². The van der Waals surface area contributed by atoms with E-state index in [1.165, 1.54) is 31.2 Å². The maximum atomic E-state index is 12.0. The Hall–Kier alpha value is -4.19. The van der Waals surface area contributed by atoms with E-state index in [0.29, 0.717) is 0 Å². The molecule has 2 heterocycles. The largest absolute Gasteiger partial charge is 0.507 e.